The molecular weight excluding hydrogens is 311 g/mol. The predicted octanol–water partition coefficient (Wildman–Crippen LogP) is 3.10. The molecule has 0 aromatic heterocycles. The molecule has 0 saturated heterocycles. The van der Waals surface area contributed by atoms with E-state index in [4.69, 9.17) is 0 Å². The number of methoxy groups -OCH3 is 1. The van der Waals surface area contributed by atoms with Gasteiger partial charge in [-0.2, -0.15) is 13.2 Å². The molecule has 23 heavy (non-hydrogen) atoms. The second kappa shape index (κ2) is 9.17. The van der Waals surface area contributed by atoms with Crippen LogP contribution in [0.15, 0.2) is 24.3 Å². The van der Waals surface area contributed by atoms with Crippen molar-refractivity contribution < 1.29 is 27.5 Å². The number of rotatable bonds is 8. The number of halogens is 3. The van der Waals surface area contributed by atoms with Crippen LogP contribution < -0.4 is 5.32 Å². The van der Waals surface area contributed by atoms with Gasteiger partial charge >= 0.3 is 12.1 Å². The fourth-order valence-electron chi connectivity index (χ4n) is 2.01. The highest BCUT2D eigenvalue weighted by Crippen LogP contribution is 2.29. The normalized spacial score (nSPS) is 11.1. The van der Waals surface area contributed by atoms with Crippen LogP contribution in [0.25, 0.3) is 0 Å². The maximum atomic E-state index is 12.6. The highest BCUT2D eigenvalue weighted by atomic mass is 19.4. The lowest BCUT2D eigenvalue weighted by Gasteiger charge is -2.09. The Kier molecular flexibility index (Phi) is 7.57. The molecule has 0 atom stereocenters. The summed E-state index contributed by atoms with van der Waals surface area (Å²) in [7, 11) is 1.33. The molecule has 0 aliphatic heterocycles. The van der Waals surface area contributed by atoms with Gasteiger partial charge in [0.2, 0.25) is 5.91 Å². The third-order valence-corrected chi connectivity index (χ3v) is 3.23. The second-order valence-electron chi connectivity index (χ2n) is 5.11. The Morgan fingerprint density at radius 3 is 2.57 bits per heavy atom. The molecule has 0 heterocycles. The molecule has 1 N–H and O–H groups in total. The Labute approximate surface area is 133 Å². The number of nitrogens with one attached hydrogen (secondary N) is 1. The highest BCUT2D eigenvalue weighted by Gasteiger charge is 2.30. The van der Waals surface area contributed by atoms with Gasteiger partial charge in [0, 0.05) is 13.0 Å². The number of benzene rings is 1. The molecule has 0 bridgehead atoms. The maximum absolute atomic E-state index is 12.6. The van der Waals surface area contributed by atoms with Gasteiger partial charge in [0.05, 0.1) is 19.1 Å². The summed E-state index contributed by atoms with van der Waals surface area (Å²) in [4.78, 5) is 22.6. The Bertz CT molecular complexity index is 530. The molecule has 128 valence electrons. The van der Waals surface area contributed by atoms with Gasteiger partial charge in [-0.1, -0.05) is 24.6 Å². The van der Waals surface area contributed by atoms with E-state index in [2.05, 4.69) is 10.1 Å². The van der Waals surface area contributed by atoms with Crippen molar-refractivity contribution in [3.05, 3.63) is 35.4 Å². The third kappa shape index (κ3) is 7.67. The molecule has 1 aromatic carbocycles. The van der Waals surface area contributed by atoms with Crippen LogP contribution >= 0.6 is 0 Å². The number of hydrogen-bond acceptors (Lipinski definition) is 3. The molecule has 7 heteroatoms. The van der Waals surface area contributed by atoms with E-state index in [-0.39, 0.29) is 18.3 Å². The van der Waals surface area contributed by atoms with E-state index in [0.717, 1.165) is 18.6 Å². The summed E-state index contributed by atoms with van der Waals surface area (Å²) in [6.45, 7) is 0.430. The molecule has 1 amide bonds. The lowest BCUT2D eigenvalue weighted by Crippen LogP contribution is -2.26. The van der Waals surface area contributed by atoms with Crippen molar-refractivity contribution in [2.45, 2.75) is 38.3 Å². The van der Waals surface area contributed by atoms with E-state index >= 15 is 0 Å². The Balaban J connectivity index is 2.28. The maximum Gasteiger partial charge on any atom is 0.416 e. The molecule has 1 rings (SSSR count). The van der Waals surface area contributed by atoms with E-state index in [1.54, 1.807) is 0 Å². The van der Waals surface area contributed by atoms with E-state index < -0.39 is 11.7 Å². The molecule has 1 aromatic rings. The summed E-state index contributed by atoms with van der Waals surface area (Å²) >= 11 is 0. The van der Waals surface area contributed by atoms with Crippen LogP contribution in [0.4, 0.5) is 13.2 Å². The first kappa shape index (κ1) is 19.0. The minimum Gasteiger partial charge on any atom is -0.469 e. The summed E-state index contributed by atoms with van der Waals surface area (Å²) in [6, 6.07) is 4.74. The largest absolute Gasteiger partial charge is 0.469 e. The second-order valence-corrected chi connectivity index (χ2v) is 5.11. The van der Waals surface area contributed by atoms with Gasteiger partial charge in [-0.25, -0.2) is 0 Å². The Morgan fingerprint density at radius 1 is 1.17 bits per heavy atom. The van der Waals surface area contributed by atoms with E-state index in [1.807, 2.05) is 0 Å². The number of alkyl halides is 3. The first-order valence-corrected chi connectivity index (χ1v) is 7.32. The summed E-state index contributed by atoms with van der Waals surface area (Å²) in [6.07, 6.45) is -2.02. The molecule has 0 aliphatic carbocycles. The predicted molar refractivity (Wildman–Crippen MR) is 78.6 cm³/mol. The van der Waals surface area contributed by atoms with Gasteiger partial charge in [-0.15, -0.1) is 0 Å². The number of ether oxygens (including phenoxy) is 1. The quantitative estimate of drug-likeness (QED) is 0.588. The van der Waals surface area contributed by atoms with Crippen LogP contribution in [0.5, 0.6) is 0 Å². The smallest absolute Gasteiger partial charge is 0.416 e. The summed E-state index contributed by atoms with van der Waals surface area (Å²) < 4.78 is 42.2. The SMILES string of the molecule is COC(=O)CCCCCNC(=O)Cc1cccc(C(F)(F)F)c1. The number of esters is 1. The lowest BCUT2D eigenvalue weighted by atomic mass is 10.1. The van der Waals surface area contributed by atoms with Crippen LogP contribution in [-0.2, 0) is 26.9 Å². The molecule has 0 fully saturated rings. The van der Waals surface area contributed by atoms with Crippen LogP contribution in [0.2, 0.25) is 0 Å². The molecule has 4 nitrogen and oxygen atoms in total. The van der Waals surface area contributed by atoms with E-state index in [9.17, 15) is 22.8 Å². The summed E-state index contributed by atoms with van der Waals surface area (Å²) in [5.41, 5.74) is -0.436. The molecule has 0 radical (unpaired) electrons. The standard InChI is InChI=1S/C16H20F3NO3/c1-23-15(22)8-3-2-4-9-20-14(21)11-12-6-5-7-13(10-12)16(17,18)19/h5-7,10H,2-4,8-9,11H2,1H3,(H,20,21). The monoisotopic (exact) mass is 331 g/mol. The number of amides is 1. The summed E-state index contributed by atoms with van der Waals surface area (Å²) in [5, 5.41) is 2.66. The van der Waals surface area contributed by atoms with Crippen LogP contribution in [0, 0.1) is 0 Å². The van der Waals surface area contributed by atoms with Crippen LogP contribution in [0.1, 0.15) is 36.8 Å². The molecule has 0 spiro atoms. The molecule has 0 unspecified atom stereocenters. The average Bonchev–Trinajstić information content (AvgIpc) is 2.49. The first-order chi connectivity index (χ1) is 10.8. The molecule has 0 aliphatic rings. The highest BCUT2D eigenvalue weighted by molar-refractivity contribution is 5.78. The zero-order chi connectivity index (χ0) is 17.3. The average molecular weight is 331 g/mol. The van der Waals surface area contributed by atoms with Crippen LogP contribution in [0.3, 0.4) is 0 Å². The fraction of sp³-hybridized carbons (Fsp3) is 0.500. The van der Waals surface area contributed by atoms with Gasteiger partial charge in [0.1, 0.15) is 0 Å². The van der Waals surface area contributed by atoms with Gasteiger partial charge in [0.25, 0.3) is 0 Å². The van der Waals surface area contributed by atoms with Crippen molar-refractivity contribution in [1.82, 2.24) is 5.32 Å². The van der Waals surface area contributed by atoms with Gasteiger partial charge < -0.3 is 10.1 Å². The zero-order valence-corrected chi connectivity index (χ0v) is 12.9. The summed E-state index contributed by atoms with van der Waals surface area (Å²) in [5.74, 6) is -0.587. The minimum atomic E-state index is -4.41. The van der Waals surface area contributed by atoms with Crippen molar-refractivity contribution in [2.24, 2.45) is 0 Å². The van der Waals surface area contributed by atoms with Crippen molar-refractivity contribution in [3.63, 3.8) is 0 Å². The molecule has 0 saturated carbocycles. The lowest BCUT2D eigenvalue weighted by molar-refractivity contribution is -0.141. The van der Waals surface area contributed by atoms with E-state index in [0.29, 0.717) is 31.4 Å². The van der Waals surface area contributed by atoms with Gasteiger partial charge in [-0.05, 0) is 24.5 Å². The fourth-order valence-corrected chi connectivity index (χ4v) is 2.01. The minimum absolute atomic E-state index is 0.0912. The van der Waals surface area contributed by atoms with Crippen molar-refractivity contribution in [3.8, 4) is 0 Å². The van der Waals surface area contributed by atoms with Gasteiger partial charge in [0.15, 0.2) is 0 Å². The Hall–Kier alpha value is -2.05. The Morgan fingerprint density at radius 2 is 1.91 bits per heavy atom. The van der Waals surface area contributed by atoms with Crippen molar-refractivity contribution >= 4 is 11.9 Å². The molecular formula is C16H20F3NO3. The van der Waals surface area contributed by atoms with Crippen LogP contribution in [-0.4, -0.2) is 25.5 Å². The van der Waals surface area contributed by atoms with E-state index in [1.165, 1.54) is 19.2 Å². The number of carbonyl (C=O) groups is 2. The van der Waals surface area contributed by atoms with Crippen molar-refractivity contribution in [1.29, 1.82) is 0 Å². The zero-order valence-electron chi connectivity index (χ0n) is 12.9. The number of hydrogen-bond donors (Lipinski definition) is 1. The van der Waals surface area contributed by atoms with Gasteiger partial charge in [-0.3, -0.25) is 9.59 Å². The number of carbonyl (C=O) groups excluding carboxylic acids is 2. The topological polar surface area (TPSA) is 55.4 Å². The third-order valence-electron chi connectivity index (χ3n) is 3.23. The van der Waals surface area contributed by atoms with Crippen molar-refractivity contribution in [2.75, 3.05) is 13.7 Å². The number of unbranched alkanes of at least 4 members (excludes halogenated alkanes) is 2. The first-order valence-electron chi connectivity index (χ1n) is 7.32.